The molecule has 0 aromatic heterocycles. The molecule has 0 saturated heterocycles. The summed E-state index contributed by atoms with van der Waals surface area (Å²) in [5.74, 6) is -0.249. The van der Waals surface area contributed by atoms with Gasteiger partial charge >= 0.3 is 0 Å². The third-order valence-corrected chi connectivity index (χ3v) is 4.63. The summed E-state index contributed by atoms with van der Waals surface area (Å²) >= 11 is 11.9. The first-order chi connectivity index (χ1) is 14.5. The Morgan fingerprint density at radius 2 is 1.50 bits per heavy atom. The fourth-order valence-electron chi connectivity index (χ4n) is 2.61. The number of ketones is 1. The summed E-state index contributed by atoms with van der Waals surface area (Å²) in [5.41, 5.74) is 4.21. The molecule has 1 N–H and O–H groups in total. The molecule has 0 fully saturated rings. The number of carbonyl (C=O) groups excluding carboxylic acids is 2. The van der Waals surface area contributed by atoms with Crippen LogP contribution >= 0.6 is 23.2 Å². The van der Waals surface area contributed by atoms with Crippen LogP contribution in [0.25, 0.3) is 0 Å². The van der Waals surface area contributed by atoms with E-state index in [1.165, 1.54) is 6.07 Å². The number of amides is 1. The van der Waals surface area contributed by atoms with Gasteiger partial charge in [0, 0.05) is 10.6 Å². The molecule has 0 spiro atoms. The Labute approximate surface area is 184 Å². The van der Waals surface area contributed by atoms with Gasteiger partial charge in [0.1, 0.15) is 5.75 Å². The molecule has 152 valence electrons. The Hall–Kier alpha value is -3.15. The van der Waals surface area contributed by atoms with E-state index >= 15 is 0 Å². The molecule has 0 aliphatic carbocycles. The first-order valence-electron chi connectivity index (χ1n) is 9.10. The first kappa shape index (κ1) is 21.6. The molecule has 0 heterocycles. The number of carbonyl (C=O) groups is 2. The maximum absolute atomic E-state index is 12.6. The average Bonchev–Trinajstić information content (AvgIpc) is 2.77. The quantitative estimate of drug-likeness (QED) is 0.298. The molecule has 5 nitrogen and oxygen atoms in total. The molecule has 7 heteroatoms. The predicted molar refractivity (Wildman–Crippen MR) is 118 cm³/mol. The fourth-order valence-corrected chi connectivity index (χ4v) is 3.08. The standard InChI is InChI=1S/C23H18Cl2N2O3/c24-18-11-12-22(19(25)13-18)30-15-23(29)27-26-20(16-7-3-1-4-8-16)14-21(28)17-9-5-2-6-10-17/h1-13H,14-15H2,(H,27,29). The highest BCUT2D eigenvalue weighted by Crippen LogP contribution is 2.27. The number of benzene rings is 3. The Kier molecular flexibility index (Phi) is 7.60. The molecular formula is C23H18Cl2N2O3. The molecule has 0 atom stereocenters. The minimum atomic E-state index is -0.485. The van der Waals surface area contributed by atoms with Crippen LogP contribution in [-0.2, 0) is 4.79 Å². The number of hydrogen-bond donors (Lipinski definition) is 1. The van der Waals surface area contributed by atoms with Crippen molar-refractivity contribution in [3.8, 4) is 5.75 Å². The van der Waals surface area contributed by atoms with Gasteiger partial charge in [-0.2, -0.15) is 5.10 Å². The van der Waals surface area contributed by atoms with E-state index in [0.717, 1.165) is 5.56 Å². The van der Waals surface area contributed by atoms with Gasteiger partial charge in [0.15, 0.2) is 12.4 Å². The van der Waals surface area contributed by atoms with E-state index in [9.17, 15) is 9.59 Å². The normalized spacial score (nSPS) is 11.1. The third kappa shape index (κ3) is 6.17. The molecule has 3 aromatic rings. The second-order valence-corrected chi connectivity index (χ2v) is 7.13. The number of Topliss-reactive ketones (excluding diaryl/α,β-unsaturated/α-hetero) is 1. The number of rotatable bonds is 8. The lowest BCUT2D eigenvalue weighted by Crippen LogP contribution is -2.26. The van der Waals surface area contributed by atoms with E-state index in [-0.39, 0.29) is 18.8 Å². The SMILES string of the molecule is O=C(COc1ccc(Cl)cc1Cl)NN=C(CC(=O)c1ccccc1)c1ccccc1. The second kappa shape index (κ2) is 10.6. The Morgan fingerprint density at radius 1 is 0.867 bits per heavy atom. The summed E-state index contributed by atoms with van der Waals surface area (Å²) < 4.78 is 5.40. The Balaban J connectivity index is 1.68. The van der Waals surface area contributed by atoms with Gasteiger partial charge < -0.3 is 4.74 Å². The van der Waals surface area contributed by atoms with Crippen molar-refractivity contribution in [2.24, 2.45) is 5.10 Å². The van der Waals surface area contributed by atoms with Crippen molar-refractivity contribution < 1.29 is 14.3 Å². The molecule has 0 aliphatic rings. The van der Waals surface area contributed by atoms with E-state index in [1.54, 1.807) is 36.4 Å². The smallest absolute Gasteiger partial charge is 0.277 e. The molecule has 0 aliphatic heterocycles. The largest absolute Gasteiger partial charge is 0.482 e. The van der Waals surface area contributed by atoms with E-state index in [1.807, 2.05) is 36.4 Å². The van der Waals surface area contributed by atoms with Crippen LogP contribution in [0.15, 0.2) is 84.0 Å². The highest BCUT2D eigenvalue weighted by molar-refractivity contribution is 6.35. The van der Waals surface area contributed by atoms with E-state index < -0.39 is 5.91 Å². The van der Waals surface area contributed by atoms with Crippen molar-refractivity contribution in [3.05, 3.63) is 100 Å². The maximum Gasteiger partial charge on any atom is 0.277 e. The van der Waals surface area contributed by atoms with Gasteiger partial charge in [-0.1, -0.05) is 83.9 Å². The minimum Gasteiger partial charge on any atom is -0.482 e. The van der Waals surface area contributed by atoms with Gasteiger partial charge in [-0.25, -0.2) is 5.43 Å². The number of hydrogen-bond acceptors (Lipinski definition) is 4. The van der Waals surface area contributed by atoms with Crippen LogP contribution in [0.2, 0.25) is 10.0 Å². The Morgan fingerprint density at radius 3 is 2.13 bits per heavy atom. The summed E-state index contributed by atoms with van der Waals surface area (Å²) in [5, 5.41) is 4.94. The summed E-state index contributed by atoms with van der Waals surface area (Å²) in [6, 6.07) is 22.8. The molecule has 3 aromatic carbocycles. The van der Waals surface area contributed by atoms with Crippen molar-refractivity contribution in [1.29, 1.82) is 0 Å². The molecule has 30 heavy (non-hydrogen) atoms. The fraction of sp³-hybridized carbons (Fsp3) is 0.0870. The lowest BCUT2D eigenvalue weighted by molar-refractivity contribution is -0.123. The molecule has 0 unspecified atom stereocenters. The number of nitrogens with one attached hydrogen (secondary N) is 1. The zero-order valence-corrected chi connectivity index (χ0v) is 17.4. The van der Waals surface area contributed by atoms with Gasteiger partial charge in [-0.3, -0.25) is 9.59 Å². The summed E-state index contributed by atoms with van der Waals surface area (Å²) in [7, 11) is 0. The lowest BCUT2D eigenvalue weighted by Gasteiger charge is -2.09. The monoisotopic (exact) mass is 440 g/mol. The van der Waals surface area contributed by atoms with Gasteiger partial charge in [-0.15, -0.1) is 0 Å². The summed E-state index contributed by atoms with van der Waals surface area (Å²) in [6.07, 6.45) is 0.0399. The number of hydrazone groups is 1. The van der Waals surface area contributed by atoms with Crippen molar-refractivity contribution >= 4 is 40.6 Å². The van der Waals surface area contributed by atoms with Crippen molar-refractivity contribution in [2.75, 3.05) is 6.61 Å². The van der Waals surface area contributed by atoms with Crippen LogP contribution in [-0.4, -0.2) is 24.0 Å². The molecule has 0 saturated carbocycles. The summed E-state index contributed by atoms with van der Waals surface area (Å²) in [6.45, 7) is -0.292. The van der Waals surface area contributed by atoms with E-state index in [2.05, 4.69) is 10.5 Å². The van der Waals surface area contributed by atoms with E-state index in [4.69, 9.17) is 27.9 Å². The van der Waals surface area contributed by atoms with Crippen LogP contribution < -0.4 is 10.2 Å². The van der Waals surface area contributed by atoms with Gasteiger partial charge in [0.25, 0.3) is 5.91 Å². The maximum atomic E-state index is 12.6. The van der Waals surface area contributed by atoms with Gasteiger partial charge in [0.2, 0.25) is 0 Å². The first-order valence-corrected chi connectivity index (χ1v) is 9.85. The Bertz CT molecular complexity index is 1050. The topological polar surface area (TPSA) is 67.8 Å². The van der Waals surface area contributed by atoms with Crippen molar-refractivity contribution in [2.45, 2.75) is 6.42 Å². The highest BCUT2D eigenvalue weighted by Gasteiger charge is 2.13. The molecule has 1 amide bonds. The molecule has 0 radical (unpaired) electrons. The second-order valence-electron chi connectivity index (χ2n) is 6.29. The molecule has 0 bridgehead atoms. The third-order valence-electron chi connectivity index (χ3n) is 4.10. The van der Waals surface area contributed by atoms with Crippen molar-refractivity contribution in [3.63, 3.8) is 0 Å². The van der Waals surface area contributed by atoms with Crippen molar-refractivity contribution in [1.82, 2.24) is 5.43 Å². The lowest BCUT2D eigenvalue weighted by atomic mass is 10.0. The average molecular weight is 441 g/mol. The van der Waals surface area contributed by atoms with Gasteiger partial charge in [-0.05, 0) is 23.8 Å². The predicted octanol–water partition coefficient (Wildman–Crippen LogP) is 5.17. The number of ether oxygens (including phenoxy) is 1. The molecular weight excluding hydrogens is 423 g/mol. The van der Waals surface area contributed by atoms with Crippen LogP contribution in [0.1, 0.15) is 22.3 Å². The van der Waals surface area contributed by atoms with Crippen LogP contribution in [0.4, 0.5) is 0 Å². The zero-order chi connectivity index (χ0) is 21.3. The minimum absolute atomic E-state index is 0.0399. The zero-order valence-electron chi connectivity index (χ0n) is 15.8. The highest BCUT2D eigenvalue weighted by atomic mass is 35.5. The number of halogens is 2. The summed E-state index contributed by atoms with van der Waals surface area (Å²) in [4.78, 5) is 24.8. The van der Waals surface area contributed by atoms with Crippen LogP contribution in [0, 0.1) is 0 Å². The number of nitrogens with zero attached hydrogens (tertiary/aromatic N) is 1. The van der Waals surface area contributed by atoms with Gasteiger partial charge in [0.05, 0.1) is 17.2 Å². The molecule has 3 rings (SSSR count). The van der Waals surface area contributed by atoms with Crippen LogP contribution in [0.5, 0.6) is 5.75 Å². The van der Waals surface area contributed by atoms with Crippen LogP contribution in [0.3, 0.4) is 0 Å². The van der Waals surface area contributed by atoms with E-state index in [0.29, 0.717) is 27.1 Å².